The van der Waals surface area contributed by atoms with Crippen LogP contribution in [0.3, 0.4) is 0 Å². The third kappa shape index (κ3) is 6.62. The minimum absolute atomic E-state index is 0.375. The van der Waals surface area contributed by atoms with Crippen molar-refractivity contribution in [3.05, 3.63) is 0 Å². The maximum Gasteiger partial charge on any atom is 0.342 e. The normalized spacial score (nSPS) is 9.79. The summed E-state index contributed by atoms with van der Waals surface area (Å²) >= 11 is 4.95. The van der Waals surface area contributed by atoms with Crippen LogP contribution >= 0.6 is 12.2 Å². The number of thiocarbonyl (C=S) groups is 1. The summed E-state index contributed by atoms with van der Waals surface area (Å²) in [6, 6.07) is 0. The quantitative estimate of drug-likeness (QED) is 0.431. The summed E-state index contributed by atoms with van der Waals surface area (Å²) in [6.45, 7) is 6.11. The molecule has 1 N–H and O–H groups in total. The van der Waals surface area contributed by atoms with Gasteiger partial charge in [-0.25, -0.2) is 4.79 Å². The molecule has 0 aliphatic heterocycles. The Kier molecular flexibility index (Phi) is 6.14. The lowest BCUT2D eigenvalue weighted by Crippen LogP contribution is -2.39. The van der Waals surface area contributed by atoms with Gasteiger partial charge in [-0.3, -0.25) is 4.89 Å². The molecule has 14 heavy (non-hydrogen) atoms. The van der Waals surface area contributed by atoms with Crippen molar-refractivity contribution in [3.63, 3.8) is 0 Å². The van der Waals surface area contributed by atoms with E-state index in [-0.39, 0.29) is 0 Å². The van der Waals surface area contributed by atoms with Crippen molar-refractivity contribution in [3.8, 4) is 0 Å². The summed E-state index contributed by atoms with van der Waals surface area (Å²) in [7, 11) is 1.55. The summed E-state index contributed by atoms with van der Waals surface area (Å²) in [5.74, 6) is -0.0430. The molecule has 0 spiro atoms. The van der Waals surface area contributed by atoms with E-state index in [0.29, 0.717) is 11.0 Å². The van der Waals surface area contributed by atoms with E-state index >= 15 is 0 Å². The number of hydroxylamine groups is 2. The van der Waals surface area contributed by atoms with Crippen molar-refractivity contribution in [2.45, 2.75) is 20.8 Å². The lowest BCUT2D eigenvalue weighted by molar-refractivity contribution is -0.363. The highest BCUT2D eigenvalue weighted by Gasteiger charge is 2.07. The van der Waals surface area contributed by atoms with Gasteiger partial charge in [0.15, 0.2) is 5.11 Å². The zero-order chi connectivity index (χ0) is 11.1. The highest BCUT2D eigenvalue weighted by molar-refractivity contribution is 7.80. The van der Waals surface area contributed by atoms with Crippen molar-refractivity contribution in [2.24, 2.45) is 5.92 Å². The van der Waals surface area contributed by atoms with Crippen molar-refractivity contribution < 1.29 is 14.7 Å². The van der Waals surface area contributed by atoms with Crippen LogP contribution in [0.5, 0.6) is 0 Å². The molecule has 6 heteroatoms. The Labute approximate surface area is 89.2 Å². The number of hydrogen-bond donors (Lipinski definition) is 1. The molecule has 0 saturated carbocycles. The zero-order valence-electron chi connectivity index (χ0n) is 8.86. The lowest BCUT2D eigenvalue weighted by atomic mass is 10.2. The molecular formula is C8H16N2O3S. The van der Waals surface area contributed by atoms with Crippen LogP contribution in [-0.4, -0.2) is 29.7 Å². The van der Waals surface area contributed by atoms with E-state index in [9.17, 15) is 4.79 Å². The van der Waals surface area contributed by atoms with E-state index in [1.807, 2.05) is 0 Å². The van der Waals surface area contributed by atoms with Gasteiger partial charge in [-0.15, -0.1) is 0 Å². The minimum Gasteiger partial charge on any atom is -0.361 e. The van der Waals surface area contributed by atoms with Gasteiger partial charge in [0, 0.05) is 20.5 Å². The number of nitrogens with one attached hydrogen (secondary N) is 1. The molecule has 0 radical (unpaired) electrons. The van der Waals surface area contributed by atoms with Crippen molar-refractivity contribution in [1.82, 2.24) is 10.4 Å². The summed E-state index contributed by atoms with van der Waals surface area (Å²) in [4.78, 5) is 19.3. The van der Waals surface area contributed by atoms with Gasteiger partial charge in [-0.1, -0.05) is 18.8 Å². The Morgan fingerprint density at radius 3 is 2.57 bits per heavy atom. The fourth-order valence-electron chi connectivity index (χ4n) is 0.545. The molecule has 0 bridgehead atoms. The van der Waals surface area contributed by atoms with Gasteiger partial charge < -0.3 is 5.32 Å². The Morgan fingerprint density at radius 1 is 1.57 bits per heavy atom. The number of rotatable bonds is 4. The van der Waals surface area contributed by atoms with Gasteiger partial charge in [0.1, 0.15) is 0 Å². The van der Waals surface area contributed by atoms with Crippen LogP contribution in [0.25, 0.3) is 0 Å². The molecule has 0 aliphatic rings. The van der Waals surface area contributed by atoms with Gasteiger partial charge in [0.25, 0.3) is 0 Å². The van der Waals surface area contributed by atoms with Crippen LogP contribution in [0, 0.1) is 5.92 Å². The second-order valence-corrected chi connectivity index (χ2v) is 3.61. The number of carbonyl (C=O) groups is 1. The standard InChI is InChI=1S/C8H16N2O3S/c1-6(2)5-9-8(14)10(4)13-12-7(3)11/h6H,5H2,1-4H3,(H,9,14). The Morgan fingerprint density at radius 2 is 2.14 bits per heavy atom. The van der Waals surface area contributed by atoms with E-state index in [2.05, 4.69) is 29.0 Å². The van der Waals surface area contributed by atoms with Crippen molar-refractivity contribution in [1.29, 1.82) is 0 Å². The van der Waals surface area contributed by atoms with Crippen LogP contribution in [0.15, 0.2) is 0 Å². The summed E-state index contributed by atoms with van der Waals surface area (Å²) in [5.41, 5.74) is 0. The first-order chi connectivity index (χ1) is 6.43. The summed E-state index contributed by atoms with van der Waals surface area (Å²) in [6.07, 6.45) is 0. The highest BCUT2D eigenvalue weighted by atomic mass is 32.1. The molecule has 0 aromatic heterocycles. The molecule has 0 aromatic rings. The molecule has 0 saturated heterocycles. The third-order valence-electron chi connectivity index (χ3n) is 1.21. The maximum absolute atomic E-state index is 10.4. The molecule has 0 aliphatic carbocycles. The van der Waals surface area contributed by atoms with E-state index in [1.165, 1.54) is 12.0 Å². The molecule has 0 heterocycles. The van der Waals surface area contributed by atoms with Gasteiger partial charge in [-0.05, 0) is 18.1 Å². The predicted octanol–water partition coefficient (Wildman–Crippen LogP) is 0.858. The van der Waals surface area contributed by atoms with Crippen LogP contribution in [-0.2, 0) is 14.7 Å². The highest BCUT2D eigenvalue weighted by Crippen LogP contribution is 1.92. The summed E-state index contributed by atoms with van der Waals surface area (Å²) in [5, 5.41) is 4.50. The van der Waals surface area contributed by atoms with E-state index in [4.69, 9.17) is 12.2 Å². The fourth-order valence-corrected chi connectivity index (χ4v) is 0.659. The van der Waals surface area contributed by atoms with E-state index in [0.717, 1.165) is 6.54 Å². The molecule has 82 valence electrons. The first kappa shape index (κ1) is 13.1. The summed E-state index contributed by atoms with van der Waals surface area (Å²) < 4.78 is 0. The molecule has 0 amide bonds. The second kappa shape index (κ2) is 6.56. The van der Waals surface area contributed by atoms with Crippen molar-refractivity contribution in [2.75, 3.05) is 13.6 Å². The SMILES string of the molecule is CC(=O)OON(C)C(=S)NCC(C)C. The predicted molar refractivity (Wildman–Crippen MR) is 56.1 cm³/mol. The lowest BCUT2D eigenvalue weighted by Gasteiger charge is -2.18. The number of nitrogens with zero attached hydrogens (tertiary/aromatic N) is 1. The average Bonchev–Trinajstić information content (AvgIpc) is 2.09. The van der Waals surface area contributed by atoms with E-state index in [1.54, 1.807) is 7.05 Å². The molecule has 0 fully saturated rings. The number of carbonyl (C=O) groups excluding carboxylic acids is 1. The molecular weight excluding hydrogens is 204 g/mol. The molecule has 0 atom stereocenters. The molecule has 0 unspecified atom stereocenters. The van der Waals surface area contributed by atoms with Gasteiger partial charge in [0.2, 0.25) is 0 Å². The van der Waals surface area contributed by atoms with E-state index < -0.39 is 5.97 Å². The second-order valence-electron chi connectivity index (χ2n) is 3.23. The first-order valence-corrected chi connectivity index (χ1v) is 4.71. The van der Waals surface area contributed by atoms with Crippen LogP contribution in [0.4, 0.5) is 0 Å². The van der Waals surface area contributed by atoms with Gasteiger partial charge >= 0.3 is 5.97 Å². The maximum atomic E-state index is 10.4. The Bertz CT molecular complexity index is 209. The number of hydrogen-bond acceptors (Lipinski definition) is 4. The fraction of sp³-hybridized carbons (Fsp3) is 0.750. The third-order valence-corrected chi connectivity index (χ3v) is 1.62. The van der Waals surface area contributed by atoms with Gasteiger partial charge in [-0.2, -0.15) is 5.06 Å². The molecule has 0 rings (SSSR count). The minimum atomic E-state index is -0.525. The monoisotopic (exact) mass is 220 g/mol. The largest absolute Gasteiger partial charge is 0.361 e. The first-order valence-electron chi connectivity index (χ1n) is 4.30. The topological polar surface area (TPSA) is 50.8 Å². The Balaban J connectivity index is 3.70. The van der Waals surface area contributed by atoms with Gasteiger partial charge in [0.05, 0.1) is 0 Å². The van der Waals surface area contributed by atoms with Crippen LogP contribution < -0.4 is 5.32 Å². The van der Waals surface area contributed by atoms with Crippen LogP contribution in [0.2, 0.25) is 0 Å². The molecule has 0 aromatic carbocycles. The zero-order valence-corrected chi connectivity index (χ0v) is 9.68. The molecule has 5 nitrogen and oxygen atoms in total. The Hall–Kier alpha value is -0.880. The smallest absolute Gasteiger partial charge is 0.342 e. The van der Waals surface area contributed by atoms with Crippen LogP contribution in [0.1, 0.15) is 20.8 Å². The average molecular weight is 220 g/mol. The van der Waals surface area contributed by atoms with Crippen molar-refractivity contribution >= 4 is 23.3 Å².